The molecule has 1 N–H and O–H groups in total. The van der Waals surface area contributed by atoms with Crippen molar-refractivity contribution in [2.24, 2.45) is 0 Å². The van der Waals surface area contributed by atoms with E-state index in [0.29, 0.717) is 16.9 Å². The lowest BCUT2D eigenvalue weighted by atomic mass is 10.2. The van der Waals surface area contributed by atoms with E-state index >= 15 is 0 Å². The van der Waals surface area contributed by atoms with E-state index in [1.807, 2.05) is 0 Å². The number of carbonyl (C=O) groups excluding carboxylic acids is 1. The van der Waals surface area contributed by atoms with Crippen molar-refractivity contribution in [1.82, 2.24) is 4.98 Å². The number of amides is 1. The van der Waals surface area contributed by atoms with Crippen molar-refractivity contribution >= 4 is 27.5 Å². The third-order valence-electron chi connectivity index (χ3n) is 2.40. The molecule has 0 unspecified atom stereocenters. The molecule has 3 nitrogen and oxygen atoms in total. The first-order valence-corrected chi connectivity index (χ1v) is 6.04. The number of pyridine rings is 1. The number of aryl methyl sites for hydroxylation is 1. The second-order valence-corrected chi connectivity index (χ2v) is 4.66. The predicted octanol–water partition coefficient (Wildman–Crippen LogP) is 3.54. The minimum Gasteiger partial charge on any atom is -0.322 e. The fraction of sp³-hybridized carbons (Fsp3) is 0.0769. The van der Waals surface area contributed by atoms with Crippen LogP contribution >= 0.6 is 15.9 Å². The number of benzene rings is 1. The van der Waals surface area contributed by atoms with Gasteiger partial charge in [-0.05, 0) is 53.2 Å². The summed E-state index contributed by atoms with van der Waals surface area (Å²) < 4.78 is 13.5. The topological polar surface area (TPSA) is 42.0 Å². The summed E-state index contributed by atoms with van der Waals surface area (Å²) in [6, 6.07) is 7.30. The molecule has 0 bridgehead atoms. The monoisotopic (exact) mass is 308 g/mol. The molecule has 0 aliphatic heterocycles. The normalized spacial score (nSPS) is 10.2. The molecule has 1 heterocycles. The Balaban J connectivity index is 2.21. The van der Waals surface area contributed by atoms with E-state index in [4.69, 9.17) is 0 Å². The summed E-state index contributed by atoms with van der Waals surface area (Å²) in [5.74, 6) is -0.610. The predicted molar refractivity (Wildman–Crippen MR) is 71.0 cm³/mol. The highest BCUT2D eigenvalue weighted by Crippen LogP contribution is 2.16. The molecule has 0 radical (unpaired) electrons. The van der Waals surface area contributed by atoms with Crippen molar-refractivity contribution in [2.45, 2.75) is 6.92 Å². The van der Waals surface area contributed by atoms with E-state index in [9.17, 15) is 9.18 Å². The molecule has 0 aliphatic carbocycles. The van der Waals surface area contributed by atoms with Crippen molar-refractivity contribution in [3.8, 4) is 0 Å². The van der Waals surface area contributed by atoms with Gasteiger partial charge in [0.05, 0.1) is 11.3 Å². The fourth-order valence-electron chi connectivity index (χ4n) is 1.47. The van der Waals surface area contributed by atoms with Gasteiger partial charge < -0.3 is 5.32 Å². The van der Waals surface area contributed by atoms with Gasteiger partial charge in [-0.25, -0.2) is 4.39 Å². The molecule has 0 spiro atoms. The number of nitrogens with zero attached hydrogens (tertiary/aromatic N) is 1. The molecule has 18 heavy (non-hydrogen) atoms. The largest absolute Gasteiger partial charge is 0.322 e. The van der Waals surface area contributed by atoms with Gasteiger partial charge in [-0.3, -0.25) is 9.78 Å². The first-order valence-electron chi connectivity index (χ1n) is 5.25. The van der Waals surface area contributed by atoms with Crippen LogP contribution in [0.25, 0.3) is 0 Å². The van der Waals surface area contributed by atoms with Gasteiger partial charge in [-0.15, -0.1) is 0 Å². The molecule has 5 heteroatoms. The van der Waals surface area contributed by atoms with Crippen LogP contribution < -0.4 is 5.32 Å². The Morgan fingerprint density at radius 2 is 2.00 bits per heavy atom. The van der Waals surface area contributed by atoms with Crippen LogP contribution in [0.5, 0.6) is 0 Å². The smallest absolute Gasteiger partial charge is 0.257 e. The standard InChI is InChI=1S/C13H10BrFN2O/c1-8-12(6-9(14)7-16-8)13(18)17-11-4-2-10(15)3-5-11/h2-7H,1H3,(H,17,18). The van der Waals surface area contributed by atoms with E-state index in [1.165, 1.54) is 24.3 Å². The third kappa shape index (κ3) is 2.92. The first kappa shape index (κ1) is 12.7. The summed E-state index contributed by atoms with van der Waals surface area (Å²) in [6.45, 7) is 1.76. The number of hydrogen-bond donors (Lipinski definition) is 1. The maximum absolute atomic E-state index is 12.7. The van der Waals surface area contributed by atoms with Crippen molar-refractivity contribution in [3.05, 3.63) is 58.1 Å². The van der Waals surface area contributed by atoms with Crippen molar-refractivity contribution in [2.75, 3.05) is 5.32 Å². The zero-order valence-electron chi connectivity index (χ0n) is 9.58. The summed E-state index contributed by atoms with van der Waals surface area (Å²) in [4.78, 5) is 16.1. The summed E-state index contributed by atoms with van der Waals surface area (Å²) in [7, 11) is 0. The number of carbonyl (C=O) groups is 1. The van der Waals surface area contributed by atoms with Crippen LogP contribution in [0, 0.1) is 12.7 Å². The average Bonchev–Trinajstić information content (AvgIpc) is 2.35. The molecule has 0 atom stereocenters. The van der Waals surface area contributed by atoms with E-state index in [-0.39, 0.29) is 11.7 Å². The lowest BCUT2D eigenvalue weighted by Gasteiger charge is -2.07. The van der Waals surface area contributed by atoms with Gasteiger partial charge in [0.2, 0.25) is 0 Å². The molecule has 0 saturated heterocycles. The molecule has 2 aromatic rings. The van der Waals surface area contributed by atoms with E-state index in [0.717, 1.165) is 4.47 Å². The molecule has 92 valence electrons. The maximum atomic E-state index is 12.7. The maximum Gasteiger partial charge on any atom is 0.257 e. The summed E-state index contributed by atoms with van der Waals surface area (Å²) in [5.41, 5.74) is 1.66. The number of anilines is 1. The highest BCUT2D eigenvalue weighted by molar-refractivity contribution is 9.10. The number of nitrogens with one attached hydrogen (secondary N) is 1. The van der Waals surface area contributed by atoms with Crippen LogP contribution in [-0.4, -0.2) is 10.9 Å². The Morgan fingerprint density at radius 1 is 1.33 bits per heavy atom. The van der Waals surface area contributed by atoms with E-state index in [1.54, 1.807) is 19.2 Å². The summed E-state index contributed by atoms with van der Waals surface area (Å²) in [5, 5.41) is 2.69. The van der Waals surface area contributed by atoms with Crippen LogP contribution in [0.3, 0.4) is 0 Å². The van der Waals surface area contributed by atoms with Gasteiger partial charge in [-0.2, -0.15) is 0 Å². The van der Waals surface area contributed by atoms with Crippen molar-refractivity contribution in [3.63, 3.8) is 0 Å². The number of rotatable bonds is 2. The van der Waals surface area contributed by atoms with Gasteiger partial charge in [0.25, 0.3) is 5.91 Å². The molecule has 0 aliphatic rings. The Kier molecular flexibility index (Phi) is 3.72. The molecular formula is C13H10BrFN2O. The Labute approximate surface area is 112 Å². The molecule has 0 fully saturated rings. The van der Waals surface area contributed by atoms with E-state index in [2.05, 4.69) is 26.2 Å². The minimum atomic E-state index is -0.340. The Morgan fingerprint density at radius 3 is 2.67 bits per heavy atom. The van der Waals surface area contributed by atoms with Crippen molar-refractivity contribution in [1.29, 1.82) is 0 Å². The minimum absolute atomic E-state index is 0.270. The van der Waals surface area contributed by atoms with Gasteiger partial charge in [0.15, 0.2) is 0 Å². The second-order valence-electron chi connectivity index (χ2n) is 3.75. The number of hydrogen-bond acceptors (Lipinski definition) is 2. The molecule has 1 aromatic carbocycles. The van der Waals surface area contributed by atoms with Crippen LogP contribution in [0.4, 0.5) is 10.1 Å². The van der Waals surface area contributed by atoms with Crippen LogP contribution in [0.15, 0.2) is 41.0 Å². The zero-order valence-corrected chi connectivity index (χ0v) is 11.2. The average molecular weight is 309 g/mol. The Bertz CT molecular complexity index is 584. The fourth-order valence-corrected chi connectivity index (χ4v) is 1.80. The van der Waals surface area contributed by atoms with Crippen LogP contribution in [0.2, 0.25) is 0 Å². The van der Waals surface area contributed by atoms with Gasteiger partial charge in [-0.1, -0.05) is 0 Å². The first-order chi connectivity index (χ1) is 8.56. The van der Waals surface area contributed by atoms with Gasteiger partial charge in [0.1, 0.15) is 5.82 Å². The molecule has 1 aromatic heterocycles. The summed E-state index contributed by atoms with van der Waals surface area (Å²) in [6.07, 6.45) is 1.63. The zero-order chi connectivity index (χ0) is 13.1. The van der Waals surface area contributed by atoms with Crippen LogP contribution in [0.1, 0.15) is 16.1 Å². The molecule has 1 amide bonds. The molecular weight excluding hydrogens is 299 g/mol. The quantitative estimate of drug-likeness (QED) is 0.922. The lowest BCUT2D eigenvalue weighted by molar-refractivity contribution is 0.102. The molecule has 0 saturated carbocycles. The lowest BCUT2D eigenvalue weighted by Crippen LogP contribution is -2.14. The number of halogens is 2. The second kappa shape index (κ2) is 5.27. The molecule has 2 rings (SSSR count). The number of aromatic nitrogens is 1. The third-order valence-corrected chi connectivity index (χ3v) is 2.83. The van der Waals surface area contributed by atoms with Gasteiger partial charge in [0, 0.05) is 16.4 Å². The van der Waals surface area contributed by atoms with E-state index < -0.39 is 0 Å². The highest BCUT2D eigenvalue weighted by atomic mass is 79.9. The van der Waals surface area contributed by atoms with Crippen molar-refractivity contribution < 1.29 is 9.18 Å². The van der Waals surface area contributed by atoms with Gasteiger partial charge >= 0.3 is 0 Å². The SMILES string of the molecule is Cc1ncc(Br)cc1C(=O)Nc1ccc(F)cc1. The summed E-state index contributed by atoms with van der Waals surface area (Å²) >= 11 is 3.27. The van der Waals surface area contributed by atoms with Crippen LogP contribution in [-0.2, 0) is 0 Å². The highest BCUT2D eigenvalue weighted by Gasteiger charge is 2.10. The Hall–Kier alpha value is -1.75.